The fraction of sp³-hybridized carbons (Fsp3) is 0.600. The lowest BCUT2D eigenvalue weighted by Crippen LogP contribution is -2.40. The summed E-state index contributed by atoms with van der Waals surface area (Å²) in [7, 11) is 0. The molecule has 7 nitrogen and oxygen atoms in total. The van der Waals surface area contributed by atoms with Gasteiger partial charge in [-0.15, -0.1) is 5.10 Å². The van der Waals surface area contributed by atoms with Crippen molar-refractivity contribution in [1.82, 2.24) is 30.1 Å². The average Bonchev–Trinajstić information content (AvgIpc) is 3.47. The maximum absolute atomic E-state index is 13.0. The number of hydrogen-bond acceptors (Lipinski definition) is 5. The van der Waals surface area contributed by atoms with Gasteiger partial charge in [-0.1, -0.05) is 38.8 Å². The molecule has 0 spiro atoms. The Labute approximate surface area is 190 Å². The minimum absolute atomic E-state index is 0.00516. The molecule has 0 bridgehead atoms. The van der Waals surface area contributed by atoms with E-state index in [1.807, 2.05) is 17.7 Å². The molecule has 4 rings (SSSR count). The highest BCUT2D eigenvalue weighted by molar-refractivity contribution is 5.79. The first-order valence-electron chi connectivity index (χ1n) is 12.0. The van der Waals surface area contributed by atoms with Crippen LogP contribution in [0.25, 0.3) is 10.9 Å². The van der Waals surface area contributed by atoms with E-state index >= 15 is 0 Å². The van der Waals surface area contributed by atoms with Gasteiger partial charge in [-0.2, -0.15) is 0 Å². The van der Waals surface area contributed by atoms with Gasteiger partial charge >= 0.3 is 0 Å². The third-order valence-corrected chi connectivity index (χ3v) is 7.24. The number of aromatic nitrogens is 5. The normalized spacial score (nSPS) is 16.3. The summed E-state index contributed by atoms with van der Waals surface area (Å²) in [5, 5.41) is 14.0. The van der Waals surface area contributed by atoms with Gasteiger partial charge in [0.15, 0.2) is 5.82 Å². The summed E-state index contributed by atoms with van der Waals surface area (Å²) in [5.41, 5.74) is 2.68. The number of aryl methyl sites for hydroxylation is 1. The van der Waals surface area contributed by atoms with Crippen molar-refractivity contribution in [2.75, 3.05) is 0 Å². The Kier molecular flexibility index (Phi) is 6.47. The summed E-state index contributed by atoms with van der Waals surface area (Å²) in [6, 6.07) is 8.77. The summed E-state index contributed by atoms with van der Waals surface area (Å²) < 4.78 is 2.00. The molecule has 1 saturated carbocycles. The molecule has 0 amide bonds. The fourth-order valence-corrected chi connectivity index (χ4v) is 4.95. The second-order valence-electron chi connectivity index (χ2n) is 9.86. The van der Waals surface area contributed by atoms with Gasteiger partial charge in [0, 0.05) is 23.7 Å². The lowest BCUT2D eigenvalue weighted by Gasteiger charge is -2.36. The predicted octanol–water partition coefficient (Wildman–Crippen LogP) is 4.86. The van der Waals surface area contributed by atoms with Crippen LogP contribution < -0.4 is 5.56 Å². The standard InChI is InChI=1S/C25H36N6O/c1-6-22(23-27-28-29-31(23)25(4,5)7-2)30(20-10-8-9-11-20)16-19-15-18-13-12-17(3)14-21(18)26-24(19)32/h12-15,20,22H,6-11,16H2,1-5H3,(H,26,32)/t22-/m0/s1. The van der Waals surface area contributed by atoms with Crippen molar-refractivity contribution >= 4 is 10.9 Å². The monoisotopic (exact) mass is 436 g/mol. The zero-order chi connectivity index (χ0) is 22.9. The van der Waals surface area contributed by atoms with E-state index in [9.17, 15) is 4.79 Å². The Morgan fingerprint density at radius 3 is 2.66 bits per heavy atom. The number of aromatic amines is 1. The quantitative estimate of drug-likeness (QED) is 0.545. The minimum atomic E-state index is -0.161. The summed E-state index contributed by atoms with van der Waals surface area (Å²) in [6.07, 6.45) is 6.60. The molecular weight excluding hydrogens is 400 g/mol. The number of hydrogen-bond donors (Lipinski definition) is 1. The van der Waals surface area contributed by atoms with Crippen molar-refractivity contribution < 1.29 is 0 Å². The molecule has 1 aliphatic rings. The van der Waals surface area contributed by atoms with Gasteiger partial charge in [0.2, 0.25) is 0 Å². The van der Waals surface area contributed by atoms with E-state index < -0.39 is 0 Å². The third kappa shape index (κ3) is 4.35. The van der Waals surface area contributed by atoms with E-state index in [0.29, 0.717) is 12.6 Å². The highest BCUT2D eigenvalue weighted by atomic mass is 16.1. The molecular formula is C25H36N6O. The van der Waals surface area contributed by atoms with Gasteiger partial charge in [0.25, 0.3) is 5.56 Å². The van der Waals surface area contributed by atoms with Gasteiger partial charge in [0.05, 0.1) is 11.6 Å². The molecule has 1 aromatic carbocycles. The number of benzene rings is 1. The predicted molar refractivity (Wildman–Crippen MR) is 128 cm³/mol. The number of nitrogens with one attached hydrogen (secondary N) is 1. The summed E-state index contributed by atoms with van der Waals surface area (Å²) in [4.78, 5) is 18.6. The molecule has 0 radical (unpaired) electrons. The lowest BCUT2D eigenvalue weighted by atomic mass is 10.00. The molecule has 0 unspecified atom stereocenters. The summed E-state index contributed by atoms with van der Waals surface area (Å²) in [5.74, 6) is 0.902. The van der Waals surface area contributed by atoms with E-state index in [4.69, 9.17) is 0 Å². The summed E-state index contributed by atoms with van der Waals surface area (Å²) >= 11 is 0. The number of fused-ring (bicyclic) bond motifs is 1. The van der Waals surface area contributed by atoms with Crippen molar-refractivity contribution in [2.24, 2.45) is 0 Å². The van der Waals surface area contributed by atoms with E-state index in [1.54, 1.807) is 0 Å². The Morgan fingerprint density at radius 1 is 1.22 bits per heavy atom. The first-order chi connectivity index (χ1) is 15.3. The van der Waals surface area contributed by atoms with Crippen LogP contribution in [0.15, 0.2) is 29.1 Å². The minimum Gasteiger partial charge on any atom is -0.322 e. The highest BCUT2D eigenvalue weighted by Gasteiger charge is 2.35. The van der Waals surface area contributed by atoms with Crippen molar-refractivity contribution in [3.8, 4) is 0 Å². The van der Waals surface area contributed by atoms with Crippen LogP contribution in [0.5, 0.6) is 0 Å². The first-order valence-corrected chi connectivity index (χ1v) is 12.0. The van der Waals surface area contributed by atoms with Crippen LogP contribution in [-0.4, -0.2) is 36.1 Å². The molecule has 7 heteroatoms. The van der Waals surface area contributed by atoms with Gasteiger partial charge in [-0.25, -0.2) is 4.68 Å². The van der Waals surface area contributed by atoms with Crippen LogP contribution >= 0.6 is 0 Å². The topological polar surface area (TPSA) is 79.7 Å². The smallest absolute Gasteiger partial charge is 0.252 e. The molecule has 1 atom stereocenters. The van der Waals surface area contributed by atoms with Crippen molar-refractivity contribution in [2.45, 2.75) is 97.3 Å². The number of nitrogens with zero attached hydrogens (tertiary/aromatic N) is 5. The van der Waals surface area contributed by atoms with Crippen LogP contribution in [-0.2, 0) is 12.1 Å². The molecule has 0 aliphatic heterocycles. The summed E-state index contributed by atoms with van der Waals surface area (Å²) in [6.45, 7) is 11.4. The van der Waals surface area contributed by atoms with Gasteiger partial charge in [-0.05, 0) is 80.0 Å². The van der Waals surface area contributed by atoms with Crippen LogP contribution in [0.4, 0.5) is 0 Å². The molecule has 172 valence electrons. The first kappa shape index (κ1) is 22.6. The van der Waals surface area contributed by atoms with Crippen LogP contribution in [0.2, 0.25) is 0 Å². The van der Waals surface area contributed by atoms with Gasteiger partial charge in [0.1, 0.15) is 0 Å². The average molecular weight is 437 g/mol. The molecule has 1 N–H and O–H groups in total. The van der Waals surface area contributed by atoms with Crippen LogP contribution in [0, 0.1) is 6.92 Å². The van der Waals surface area contributed by atoms with Crippen LogP contribution in [0.1, 0.15) is 89.2 Å². The van der Waals surface area contributed by atoms with E-state index in [2.05, 4.69) is 71.3 Å². The van der Waals surface area contributed by atoms with Crippen molar-refractivity contribution in [3.63, 3.8) is 0 Å². The van der Waals surface area contributed by atoms with E-state index in [0.717, 1.165) is 53.5 Å². The maximum Gasteiger partial charge on any atom is 0.252 e. The Bertz CT molecular complexity index is 1120. The van der Waals surface area contributed by atoms with Crippen molar-refractivity contribution in [1.29, 1.82) is 0 Å². The Balaban J connectivity index is 1.75. The van der Waals surface area contributed by atoms with E-state index in [1.165, 1.54) is 12.8 Å². The number of H-pyrrole nitrogens is 1. The number of pyridine rings is 1. The Morgan fingerprint density at radius 2 is 1.97 bits per heavy atom. The molecule has 1 fully saturated rings. The zero-order valence-electron chi connectivity index (χ0n) is 20.1. The number of rotatable bonds is 8. The highest BCUT2D eigenvalue weighted by Crippen LogP contribution is 2.35. The second-order valence-corrected chi connectivity index (χ2v) is 9.86. The lowest BCUT2D eigenvalue weighted by molar-refractivity contribution is 0.106. The van der Waals surface area contributed by atoms with Crippen LogP contribution in [0.3, 0.4) is 0 Å². The molecule has 2 heterocycles. The molecule has 1 aliphatic carbocycles. The molecule has 3 aromatic rings. The SMILES string of the molecule is CC[C@@H](c1nnnn1C(C)(C)CC)N(Cc1cc2ccc(C)cc2[nH]c1=O)C1CCCC1. The molecule has 0 saturated heterocycles. The second kappa shape index (κ2) is 9.14. The van der Waals surface area contributed by atoms with Gasteiger partial charge in [-0.3, -0.25) is 9.69 Å². The third-order valence-electron chi connectivity index (χ3n) is 7.24. The van der Waals surface area contributed by atoms with Crippen molar-refractivity contribution in [3.05, 3.63) is 51.6 Å². The van der Waals surface area contributed by atoms with Gasteiger partial charge < -0.3 is 4.98 Å². The molecule has 32 heavy (non-hydrogen) atoms. The zero-order valence-corrected chi connectivity index (χ0v) is 20.1. The Hall–Kier alpha value is -2.54. The largest absolute Gasteiger partial charge is 0.322 e. The fourth-order valence-electron chi connectivity index (χ4n) is 4.95. The van der Waals surface area contributed by atoms with E-state index in [-0.39, 0.29) is 17.1 Å². The number of tetrazole rings is 1. The molecule has 2 aromatic heterocycles. The maximum atomic E-state index is 13.0.